The molecule has 1 unspecified atom stereocenters. The average molecular weight is 237 g/mol. The van der Waals surface area contributed by atoms with Crippen molar-refractivity contribution in [3.63, 3.8) is 0 Å². The molecule has 2 N–H and O–H groups in total. The lowest BCUT2D eigenvalue weighted by Crippen LogP contribution is -2.12. The molecule has 15 heavy (non-hydrogen) atoms. The summed E-state index contributed by atoms with van der Waals surface area (Å²) in [5, 5.41) is 0. The van der Waals surface area contributed by atoms with Crippen LogP contribution in [-0.4, -0.2) is 12.4 Å². The summed E-state index contributed by atoms with van der Waals surface area (Å²) in [4.78, 5) is 0. The Balaban J connectivity index is 2.88. The monoisotopic (exact) mass is 237 g/mol. The van der Waals surface area contributed by atoms with Gasteiger partial charge < -0.3 is 10.5 Å². The summed E-state index contributed by atoms with van der Waals surface area (Å²) in [6, 6.07) is 3.20. The molecule has 0 aliphatic carbocycles. The van der Waals surface area contributed by atoms with E-state index in [2.05, 4.69) is 17.4 Å². The van der Waals surface area contributed by atoms with E-state index >= 15 is 0 Å². The number of thiol groups is 1. The second-order valence-electron chi connectivity index (χ2n) is 2.86. The third-order valence-corrected chi connectivity index (χ3v) is 2.19. The minimum atomic E-state index is -3.04. The predicted octanol–water partition coefficient (Wildman–Crippen LogP) is 2.36. The third kappa shape index (κ3) is 3.32. The standard InChI is InChI=1S/C9H10F3NOS/c10-6-3-5(7(13)4-15)1-2-8(6)14-9(11)12/h1-3,7,9,15H,4,13H2. The van der Waals surface area contributed by atoms with Crippen LogP contribution in [0.25, 0.3) is 0 Å². The van der Waals surface area contributed by atoms with Gasteiger partial charge in [0.05, 0.1) is 0 Å². The molecule has 0 aromatic heterocycles. The van der Waals surface area contributed by atoms with E-state index in [1.54, 1.807) is 0 Å². The Kier molecular flexibility index (Phi) is 4.28. The average Bonchev–Trinajstić information content (AvgIpc) is 2.19. The summed E-state index contributed by atoms with van der Waals surface area (Å²) >= 11 is 3.94. The van der Waals surface area contributed by atoms with Crippen molar-refractivity contribution < 1.29 is 17.9 Å². The van der Waals surface area contributed by atoms with Crippen LogP contribution in [0.2, 0.25) is 0 Å². The largest absolute Gasteiger partial charge is 0.432 e. The molecule has 0 amide bonds. The van der Waals surface area contributed by atoms with Gasteiger partial charge in [0.2, 0.25) is 0 Å². The summed E-state index contributed by atoms with van der Waals surface area (Å²) in [7, 11) is 0. The number of alkyl halides is 2. The number of halogens is 3. The molecule has 0 bridgehead atoms. The molecular formula is C9H10F3NOS. The lowest BCUT2D eigenvalue weighted by Gasteiger charge is -2.11. The van der Waals surface area contributed by atoms with Crippen LogP contribution in [0.15, 0.2) is 18.2 Å². The van der Waals surface area contributed by atoms with E-state index in [4.69, 9.17) is 5.73 Å². The molecule has 0 saturated heterocycles. The second kappa shape index (κ2) is 5.27. The molecule has 1 aromatic rings. The van der Waals surface area contributed by atoms with Gasteiger partial charge in [-0.15, -0.1) is 0 Å². The summed E-state index contributed by atoms with van der Waals surface area (Å²) < 4.78 is 40.7. The van der Waals surface area contributed by atoms with Gasteiger partial charge in [-0.3, -0.25) is 0 Å². The minimum absolute atomic E-state index is 0.342. The van der Waals surface area contributed by atoms with Crippen molar-refractivity contribution in [2.45, 2.75) is 12.7 Å². The molecule has 0 radical (unpaired) electrons. The van der Waals surface area contributed by atoms with E-state index in [9.17, 15) is 13.2 Å². The zero-order valence-corrected chi connectivity index (χ0v) is 8.55. The van der Waals surface area contributed by atoms with Gasteiger partial charge in [0, 0.05) is 11.8 Å². The molecule has 1 aromatic carbocycles. The van der Waals surface area contributed by atoms with Gasteiger partial charge in [0.1, 0.15) is 0 Å². The van der Waals surface area contributed by atoms with Gasteiger partial charge in [0.15, 0.2) is 11.6 Å². The van der Waals surface area contributed by atoms with E-state index in [1.807, 2.05) is 0 Å². The molecule has 0 aliphatic heterocycles. The molecule has 2 nitrogen and oxygen atoms in total. The van der Waals surface area contributed by atoms with Crippen LogP contribution >= 0.6 is 12.6 Å². The number of rotatable bonds is 4. The number of benzene rings is 1. The Morgan fingerprint density at radius 3 is 2.53 bits per heavy atom. The number of hydrogen-bond donors (Lipinski definition) is 2. The van der Waals surface area contributed by atoms with Crippen molar-refractivity contribution in [1.82, 2.24) is 0 Å². The molecule has 0 heterocycles. The first kappa shape index (κ1) is 12.2. The van der Waals surface area contributed by atoms with Gasteiger partial charge in [-0.1, -0.05) is 6.07 Å². The highest BCUT2D eigenvalue weighted by Gasteiger charge is 2.12. The molecule has 6 heteroatoms. The van der Waals surface area contributed by atoms with Crippen molar-refractivity contribution in [3.8, 4) is 5.75 Å². The van der Waals surface area contributed by atoms with Gasteiger partial charge in [-0.25, -0.2) is 4.39 Å². The Bertz CT molecular complexity index is 335. The second-order valence-corrected chi connectivity index (χ2v) is 3.22. The first-order chi connectivity index (χ1) is 7.04. The van der Waals surface area contributed by atoms with Crippen LogP contribution in [0.5, 0.6) is 5.75 Å². The fourth-order valence-electron chi connectivity index (χ4n) is 1.04. The van der Waals surface area contributed by atoms with Crippen molar-refractivity contribution in [2.75, 3.05) is 5.75 Å². The fraction of sp³-hybridized carbons (Fsp3) is 0.333. The van der Waals surface area contributed by atoms with Crippen molar-refractivity contribution in [1.29, 1.82) is 0 Å². The molecule has 84 valence electrons. The highest BCUT2D eigenvalue weighted by Crippen LogP contribution is 2.23. The van der Waals surface area contributed by atoms with Crippen molar-refractivity contribution in [2.24, 2.45) is 5.73 Å². The van der Waals surface area contributed by atoms with E-state index in [0.717, 1.165) is 12.1 Å². The van der Waals surface area contributed by atoms with Crippen LogP contribution in [-0.2, 0) is 0 Å². The van der Waals surface area contributed by atoms with Crippen molar-refractivity contribution in [3.05, 3.63) is 29.6 Å². The smallest absolute Gasteiger partial charge is 0.387 e. The van der Waals surface area contributed by atoms with Gasteiger partial charge in [0.25, 0.3) is 0 Å². The highest BCUT2D eigenvalue weighted by atomic mass is 32.1. The normalized spacial score (nSPS) is 12.9. The molecule has 0 spiro atoms. The Labute approximate surface area is 90.6 Å². The third-order valence-electron chi connectivity index (χ3n) is 1.80. The minimum Gasteiger partial charge on any atom is -0.432 e. The quantitative estimate of drug-likeness (QED) is 0.788. The van der Waals surface area contributed by atoms with Crippen LogP contribution in [0.3, 0.4) is 0 Å². The topological polar surface area (TPSA) is 35.2 Å². The number of nitrogens with two attached hydrogens (primary N) is 1. The predicted molar refractivity (Wildman–Crippen MR) is 53.8 cm³/mol. The molecule has 0 fully saturated rings. The van der Waals surface area contributed by atoms with Gasteiger partial charge in [-0.2, -0.15) is 21.4 Å². The Morgan fingerprint density at radius 1 is 1.40 bits per heavy atom. The SMILES string of the molecule is NC(CS)c1ccc(OC(F)F)c(F)c1. The molecule has 0 aliphatic rings. The summed E-state index contributed by atoms with van der Waals surface area (Å²) in [6.45, 7) is -3.04. The Morgan fingerprint density at radius 2 is 2.07 bits per heavy atom. The Hall–Kier alpha value is -0.880. The fourth-order valence-corrected chi connectivity index (χ4v) is 1.26. The lowest BCUT2D eigenvalue weighted by molar-refractivity contribution is -0.0522. The maximum Gasteiger partial charge on any atom is 0.387 e. The zero-order chi connectivity index (χ0) is 11.4. The van der Waals surface area contributed by atoms with Crippen molar-refractivity contribution >= 4 is 12.6 Å². The summed E-state index contributed by atoms with van der Waals surface area (Å²) in [6.07, 6.45) is 0. The maximum atomic E-state index is 13.2. The van der Waals surface area contributed by atoms with E-state index in [-0.39, 0.29) is 0 Å². The molecule has 0 saturated carbocycles. The van der Waals surface area contributed by atoms with E-state index in [0.29, 0.717) is 11.3 Å². The van der Waals surface area contributed by atoms with Crippen LogP contribution in [0, 0.1) is 5.82 Å². The van der Waals surface area contributed by atoms with Gasteiger partial charge >= 0.3 is 6.61 Å². The van der Waals surface area contributed by atoms with E-state index in [1.165, 1.54) is 6.07 Å². The van der Waals surface area contributed by atoms with Gasteiger partial charge in [-0.05, 0) is 17.7 Å². The number of hydrogen-bond acceptors (Lipinski definition) is 3. The van der Waals surface area contributed by atoms with Crippen LogP contribution in [0.4, 0.5) is 13.2 Å². The first-order valence-electron chi connectivity index (χ1n) is 4.15. The van der Waals surface area contributed by atoms with Crippen LogP contribution in [0.1, 0.15) is 11.6 Å². The van der Waals surface area contributed by atoms with Crippen LogP contribution < -0.4 is 10.5 Å². The summed E-state index contributed by atoms with van der Waals surface area (Å²) in [5.41, 5.74) is 6.07. The zero-order valence-electron chi connectivity index (χ0n) is 7.66. The van der Waals surface area contributed by atoms with E-state index < -0.39 is 24.2 Å². The first-order valence-corrected chi connectivity index (χ1v) is 4.78. The molecular weight excluding hydrogens is 227 g/mol. The maximum absolute atomic E-state index is 13.2. The summed E-state index contributed by atoms with van der Waals surface area (Å²) in [5.74, 6) is -1.00. The molecule has 1 atom stereocenters. The molecule has 1 rings (SSSR count). The number of ether oxygens (including phenoxy) is 1. The highest BCUT2D eigenvalue weighted by molar-refractivity contribution is 7.80. The lowest BCUT2D eigenvalue weighted by atomic mass is 10.1.